The summed E-state index contributed by atoms with van der Waals surface area (Å²) >= 11 is 0. The van der Waals surface area contributed by atoms with Crippen LogP contribution >= 0.6 is 0 Å². The number of rotatable bonds is 7. The van der Waals surface area contributed by atoms with E-state index in [4.69, 9.17) is 5.11 Å². The molecule has 2 aliphatic carbocycles. The number of aliphatic carboxylic acids is 1. The minimum atomic E-state index is -0.716. The Morgan fingerprint density at radius 3 is 2.79 bits per heavy atom. The van der Waals surface area contributed by atoms with Gasteiger partial charge in [0.1, 0.15) is 0 Å². The summed E-state index contributed by atoms with van der Waals surface area (Å²) in [5.41, 5.74) is 0. The van der Waals surface area contributed by atoms with Crippen molar-refractivity contribution in [1.82, 2.24) is 10.2 Å². The van der Waals surface area contributed by atoms with Crippen LogP contribution in [0.2, 0.25) is 0 Å². The molecule has 19 heavy (non-hydrogen) atoms. The van der Waals surface area contributed by atoms with Crippen molar-refractivity contribution in [2.24, 2.45) is 5.92 Å². The molecule has 2 aliphatic rings. The molecule has 0 radical (unpaired) electrons. The summed E-state index contributed by atoms with van der Waals surface area (Å²) in [6, 6.07) is 1.06. The van der Waals surface area contributed by atoms with E-state index < -0.39 is 5.97 Å². The van der Waals surface area contributed by atoms with Crippen molar-refractivity contribution in [2.45, 2.75) is 51.1 Å². The van der Waals surface area contributed by atoms with Crippen molar-refractivity contribution in [1.29, 1.82) is 0 Å². The van der Waals surface area contributed by atoms with E-state index in [0.29, 0.717) is 12.1 Å². The normalized spacial score (nSPS) is 30.3. The predicted octanol–water partition coefficient (Wildman–Crippen LogP) is 1.87. The number of nitrogens with one attached hydrogen (secondary N) is 1. The molecular weight excluding hydrogens is 240 g/mol. The highest BCUT2D eigenvalue weighted by Gasteiger charge is 2.33. The van der Waals surface area contributed by atoms with Crippen LogP contribution in [0, 0.1) is 5.92 Å². The maximum Gasteiger partial charge on any atom is 0.317 e. The Labute approximate surface area is 115 Å². The minimum Gasteiger partial charge on any atom is -0.480 e. The summed E-state index contributed by atoms with van der Waals surface area (Å²) in [5, 5.41) is 12.5. The maximum absolute atomic E-state index is 10.8. The predicted molar refractivity (Wildman–Crippen MR) is 76.2 cm³/mol. The van der Waals surface area contributed by atoms with Crippen molar-refractivity contribution in [2.75, 3.05) is 19.6 Å². The lowest BCUT2D eigenvalue weighted by molar-refractivity contribution is -0.139. The van der Waals surface area contributed by atoms with Crippen LogP contribution in [0.5, 0.6) is 0 Å². The summed E-state index contributed by atoms with van der Waals surface area (Å²) in [6.45, 7) is 4.17. The lowest BCUT2D eigenvalue weighted by atomic mass is 9.84. The molecule has 4 heteroatoms. The molecule has 2 N–H and O–H groups in total. The van der Waals surface area contributed by atoms with E-state index in [2.05, 4.69) is 22.4 Å². The summed E-state index contributed by atoms with van der Waals surface area (Å²) in [7, 11) is 0. The number of likely N-dealkylation sites (N-methyl/N-ethyl adjacent to an activating group) is 1. The molecule has 0 spiro atoms. The fraction of sp³-hybridized carbons (Fsp3) is 0.800. The highest BCUT2D eigenvalue weighted by molar-refractivity contribution is 5.69. The Balaban J connectivity index is 1.62. The average Bonchev–Trinajstić information content (AvgIpc) is 2.36. The van der Waals surface area contributed by atoms with Gasteiger partial charge in [-0.05, 0) is 51.1 Å². The quantitative estimate of drug-likeness (QED) is 0.691. The lowest BCUT2D eigenvalue weighted by Gasteiger charge is -2.43. The topological polar surface area (TPSA) is 52.6 Å². The smallest absolute Gasteiger partial charge is 0.317 e. The van der Waals surface area contributed by atoms with Gasteiger partial charge < -0.3 is 10.4 Å². The molecule has 1 unspecified atom stereocenters. The van der Waals surface area contributed by atoms with Gasteiger partial charge in [-0.2, -0.15) is 0 Å². The molecule has 0 aromatic rings. The molecule has 1 saturated carbocycles. The molecule has 4 nitrogen and oxygen atoms in total. The zero-order valence-electron chi connectivity index (χ0n) is 11.8. The first kappa shape index (κ1) is 14.5. The third-order valence-electron chi connectivity index (χ3n) is 4.45. The van der Waals surface area contributed by atoms with E-state index in [0.717, 1.165) is 31.8 Å². The number of carboxylic acid groups (broad SMARTS) is 1. The zero-order valence-corrected chi connectivity index (χ0v) is 11.8. The number of allylic oxidation sites excluding steroid dienone is 2. The van der Waals surface area contributed by atoms with Gasteiger partial charge in [0.05, 0.1) is 6.54 Å². The van der Waals surface area contributed by atoms with Crippen LogP contribution < -0.4 is 5.32 Å². The first-order valence-electron chi connectivity index (χ1n) is 7.53. The van der Waals surface area contributed by atoms with Gasteiger partial charge in [0.2, 0.25) is 0 Å². The van der Waals surface area contributed by atoms with Crippen molar-refractivity contribution in [3.63, 3.8) is 0 Å². The third-order valence-corrected chi connectivity index (χ3v) is 4.45. The minimum absolute atomic E-state index is 0.182. The van der Waals surface area contributed by atoms with Crippen LogP contribution in [-0.4, -0.2) is 47.7 Å². The van der Waals surface area contributed by atoms with Crippen molar-refractivity contribution in [3.8, 4) is 0 Å². The number of carboxylic acids is 1. The monoisotopic (exact) mass is 266 g/mol. The van der Waals surface area contributed by atoms with Crippen molar-refractivity contribution >= 4 is 5.97 Å². The van der Waals surface area contributed by atoms with Gasteiger partial charge in [-0.3, -0.25) is 9.69 Å². The second kappa shape index (κ2) is 7.06. The molecule has 0 aromatic carbocycles. The second-order valence-corrected chi connectivity index (χ2v) is 5.84. The summed E-state index contributed by atoms with van der Waals surface area (Å²) in [5.74, 6) is 0.0811. The van der Waals surface area contributed by atoms with Gasteiger partial charge in [-0.1, -0.05) is 19.1 Å². The van der Waals surface area contributed by atoms with Crippen LogP contribution in [0.1, 0.15) is 39.0 Å². The molecule has 1 fully saturated rings. The first-order chi connectivity index (χ1) is 9.19. The zero-order chi connectivity index (χ0) is 13.7. The van der Waals surface area contributed by atoms with Crippen LogP contribution in [0.25, 0.3) is 0 Å². The Hall–Kier alpha value is -0.870. The maximum atomic E-state index is 10.8. The molecular formula is C15H26N2O2. The molecule has 1 atom stereocenters. The molecule has 108 valence electrons. The molecule has 0 heterocycles. The molecule has 0 aliphatic heterocycles. The van der Waals surface area contributed by atoms with Crippen LogP contribution in [0.3, 0.4) is 0 Å². The van der Waals surface area contributed by atoms with E-state index in [1.54, 1.807) is 0 Å². The van der Waals surface area contributed by atoms with Crippen LogP contribution in [0.4, 0.5) is 0 Å². The second-order valence-electron chi connectivity index (χ2n) is 5.84. The van der Waals surface area contributed by atoms with Gasteiger partial charge in [0, 0.05) is 12.1 Å². The standard InChI is InChI=1S/C15H26N2O2/c1-2-17(11-15(18)19)14-8-13(9-14)16-10-12-6-4-3-5-7-12/h3-4,12-14,16H,2,5-11H2,1H3,(H,18,19). The number of hydrogen-bond acceptors (Lipinski definition) is 3. The summed E-state index contributed by atoms with van der Waals surface area (Å²) < 4.78 is 0. The summed E-state index contributed by atoms with van der Waals surface area (Å²) in [6.07, 6.45) is 10.5. The molecule has 0 amide bonds. The van der Waals surface area contributed by atoms with E-state index in [1.165, 1.54) is 19.3 Å². The Bertz CT molecular complexity index is 324. The number of carbonyl (C=O) groups is 1. The molecule has 0 bridgehead atoms. The van der Waals surface area contributed by atoms with Crippen molar-refractivity contribution < 1.29 is 9.90 Å². The van der Waals surface area contributed by atoms with Gasteiger partial charge in [-0.25, -0.2) is 0 Å². The Kier molecular flexibility index (Phi) is 5.40. The molecule has 2 rings (SSSR count). The average molecular weight is 266 g/mol. The van der Waals surface area contributed by atoms with Gasteiger partial charge in [0.25, 0.3) is 0 Å². The molecule has 0 aromatic heterocycles. The van der Waals surface area contributed by atoms with Crippen LogP contribution in [-0.2, 0) is 4.79 Å². The molecule has 0 saturated heterocycles. The Morgan fingerprint density at radius 2 is 2.21 bits per heavy atom. The fourth-order valence-corrected chi connectivity index (χ4v) is 3.10. The number of nitrogens with zero attached hydrogens (tertiary/aromatic N) is 1. The summed E-state index contributed by atoms with van der Waals surface area (Å²) in [4.78, 5) is 12.8. The third kappa shape index (κ3) is 4.32. The van der Waals surface area contributed by atoms with E-state index in [9.17, 15) is 4.79 Å². The largest absolute Gasteiger partial charge is 0.480 e. The van der Waals surface area contributed by atoms with Crippen molar-refractivity contribution in [3.05, 3.63) is 12.2 Å². The SMILES string of the molecule is CCN(CC(=O)O)C1CC(NCC2CC=CCC2)C1. The highest BCUT2D eigenvalue weighted by atomic mass is 16.4. The van der Waals surface area contributed by atoms with Crippen LogP contribution in [0.15, 0.2) is 12.2 Å². The van der Waals surface area contributed by atoms with E-state index in [-0.39, 0.29) is 6.54 Å². The number of hydrogen-bond donors (Lipinski definition) is 2. The Morgan fingerprint density at radius 1 is 1.42 bits per heavy atom. The van der Waals surface area contributed by atoms with Gasteiger partial charge >= 0.3 is 5.97 Å². The lowest BCUT2D eigenvalue weighted by Crippen LogP contribution is -2.54. The van der Waals surface area contributed by atoms with Gasteiger partial charge in [0.15, 0.2) is 0 Å². The van der Waals surface area contributed by atoms with E-state index in [1.807, 2.05) is 6.92 Å². The van der Waals surface area contributed by atoms with E-state index >= 15 is 0 Å². The van der Waals surface area contributed by atoms with Gasteiger partial charge in [-0.15, -0.1) is 0 Å². The highest BCUT2D eigenvalue weighted by Crippen LogP contribution is 2.26. The fourth-order valence-electron chi connectivity index (χ4n) is 3.10. The first-order valence-corrected chi connectivity index (χ1v) is 7.53.